The van der Waals surface area contributed by atoms with Crippen molar-refractivity contribution in [1.29, 1.82) is 0 Å². The first kappa shape index (κ1) is 13.8. The maximum Gasteiger partial charge on any atom is 0.188 e. The SMILES string of the molecule is CSc1cccc(C(=O)COCc2ccccc2)c1. The Morgan fingerprint density at radius 3 is 2.63 bits per heavy atom. The number of rotatable bonds is 6. The van der Waals surface area contributed by atoms with Crippen molar-refractivity contribution in [3.8, 4) is 0 Å². The molecule has 0 aliphatic rings. The lowest BCUT2D eigenvalue weighted by Gasteiger charge is -2.05. The molecule has 0 fully saturated rings. The van der Waals surface area contributed by atoms with Crippen molar-refractivity contribution in [1.82, 2.24) is 0 Å². The van der Waals surface area contributed by atoms with Crippen LogP contribution in [0.2, 0.25) is 0 Å². The standard InChI is InChI=1S/C16H16O2S/c1-19-15-9-5-8-14(10-15)16(17)12-18-11-13-6-3-2-4-7-13/h2-10H,11-12H2,1H3. The number of carbonyl (C=O) groups excluding carboxylic acids is 1. The molecule has 0 bridgehead atoms. The van der Waals surface area contributed by atoms with E-state index in [0.717, 1.165) is 10.5 Å². The molecule has 0 amide bonds. The maximum atomic E-state index is 12.0. The van der Waals surface area contributed by atoms with Crippen LogP contribution in [0.15, 0.2) is 59.5 Å². The molecule has 0 aliphatic heterocycles. The summed E-state index contributed by atoms with van der Waals surface area (Å²) in [6.45, 7) is 0.585. The first-order chi connectivity index (χ1) is 9.29. The van der Waals surface area contributed by atoms with Crippen LogP contribution in [0, 0.1) is 0 Å². The van der Waals surface area contributed by atoms with Gasteiger partial charge in [0.05, 0.1) is 6.61 Å². The second-order valence-electron chi connectivity index (χ2n) is 4.13. The Morgan fingerprint density at radius 2 is 1.89 bits per heavy atom. The van der Waals surface area contributed by atoms with Gasteiger partial charge in [-0.1, -0.05) is 42.5 Å². The van der Waals surface area contributed by atoms with Gasteiger partial charge in [-0.2, -0.15) is 0 Å². The molecule has 2 nitrogen and oxygen atoms in total. The number of benzene rings is 2. The first-order valence-electron chi connectivity index (χ1n) is 6.08. The Morgan fingerprint density at radius 1 is 1.11 bits per heavy atom. The number of thioether (sulfide) groups is 1. The smallest absolute Gasteiger partial charge is 0.188 e. The highest BCUT2D eigenvalue weighted by atomic mass is 32.2. The fraction of sp³-hybridized carbons (Fsp3) is 0.188. The predicted octanol–water partition coefficient (Wildman–Crippen LogP) is 3.81. The lowest BCUT2D eigenvalue weighted by Crippen LogP contribution is -2.09. The van der Waals surface area contributed by atoms with Crippen molar-refractivity contribution >= 4 is 17.5 Å². The molecule has 3 heteroatoms. The van der Waals surface area contributed by atoms with Crippen LogP contribution >= 0.6 is 11.8 Å². The third-order valence-electron chi connectivity index (χ3n) is 2.74. The summed E-state index contributed by atoms with van der Waals surface area (Å²) in [5.41, 5.74) is 1.79. The van der Waals surface area contributed by atoms with E-state index in [1.807, 2.05) is 60.9 Å². The molecular formula is C16H16O2S. The zero-order chi connectivity index (χ0) is 13.5. The molecule has 2 aromatic rings. The third kappa shape index (κ3) is 4.23. The van der Waals surface area contributed by atoms with Crippen LogP contribution in [0.3, 0.4) is 0 Å². The minimum atomic E-state index is 0.0202. The van der Waals surface area contributed by atoms with E-state index in [1.54, 1.807) is 11.8 Å². The molecule has 0 aliphatic carbocycles. The number of hydrogen-bond acceptors (Lipinski definition) is 3. The molecule has 0 unspecified atom stereocenters. The molecule has 98 valence electrons. The molecular weight excluding hydrogens is 256 g/mol. The molecule has 0 atom stereocenters. The van der Waals surface area contributed by atoms with Gasteiger partial charge in [-0.05, 0) is 24.0 Å². The summed E-state index contributed by atoms with van der Waals surface area (Å²) in [6.07, 6.45) is 2.00. The van der Waals surface area contributed by atoms with Crippen LogP contribution in [0.25, 0.3) is 0 Å². The van der Waals surface area contributed by atoms with Gasteiger partial charge in [-0.25, -0.2) is 0 Å². The van der Waals surface area contributed by atoms with Crippen LogP contribution < -0.4 is 0 Å². The van der Waals surface area contributed by atoms with Crippen molar-refractivity contribution in [3.05, 3.63) is 65.7 Å². The molecule has 2 aromatic carbocycles. The van der Waals surface area contributed by atoms with Crippen molar-refractivity contribution in [3.63, 3.8) is 0 Å². The molecule has 0 spiro atoms. The van der Waals surface area contributed by atoms with E-state index < -0.39 is 0 Å². The molecule has 0 saturated heterocycles. The Kier molecular flexibility index (Phi) is 5.19. The highest BCUT2D eigenvalue weighted by Gasteiger charge is 2.06. The van der Waals surface area contributed by atoms with Gasteiger partial charge in [-0.15, -0.1) is 11.8 Å². The lowest BCUT2D eigenvalue weighted by atomic mass is 10.1. The van der Waals surface area contributed by atoms with E-state index in [4.69, 9.17) is 4.74 Å². The Hall–Kier alpha value is -1.58. The molecule has 2 rings (SSSR count). The van der Waals surface area contributed by atoms with Crippen LogP contribution in [0.1, 0.15) is 15.9 Å². The summed E-state index contributed by atoms with van der Waals surface area (Å²) in [5, 5.41) is 0. The summed E-state index contributed by atoms with van der Waals surface area (Å²) in [6, 6.07) is 17.5. The quantitative estimate of drug-likeness (QED) is 0.591. The van der Waals surface area contributed by atoms with Gasteiger partial charge in [0.2, 0.25) is 0 Å². The largest absolute Gasteiger partial charge is 0.369 e. The molecule has 0 saturated carbocycles. The molecule has 0 N–H and O–H groups in total. The van der Waals surface area contributed by atoms with Crippen molar-refractivity contribution in [2.45, 2.75) is 11.5 Å². The van der Waals surface area contributed by atoms with Crippen LogP contribution in [0.5, 0.6) is 0 Å². The minimum absolute atomic E-state index is 0.0202. The van der Waals surface area contributed by atoms with Crippen LogP contribution in [-0.4, -0.2) is 18.6 Å². The fourth-order valence-corrected chi connectivity index (χ4v) is 2.18. The van der Waals surface area contributed by atoms with Crippen LogP contribution in [-0.2, 0) is 11.3 Å². The van der Waals surface area contributed by atoms with Gasteiger partial charge in [-0.3, -0.25) is 4.79 Å². The zero-order valence-electron chi connectivity index (χ0n) is 10.8. The molecule has 0 aromatic heterocycles. The highest BCUT2D eigenvalue weighted by molar-refractivity contribution is 7.98. The molecule has 0 heterocycles. The first-order valence-corrected chi connectivity index (χ1v) is 7.31. The van der Waals surface area contributed by atoms with E-state index in [1.165, 1.54) is 0 Å². The topological polar surface area (TPSA) is 26.3 Å². The monoisotopic (exact) mass is 272 g/mol. The number of ketones is 1. The van der Waals surface area contributed by atoms with Gasteiger partial charge in [0.15, 0.2) is 5.78 Å². The van der Waals surface area contributed by atoms with Crippen LogP contribution in [0.4, 0.5) is 0 Å². The van der Waals surface area contributed by atoms with E-state index >= 15 is 0 Å². The third-order valence-corrected chi connectivity index (χ3v) is 3.46. The summed E-state index contributed by atoms with van der Waals surface area (Å²) < 4.78 is 5.45. The predicted molar refractivity (Wildman–Crippen MR) is 78.7 cm³/mol. The van der Waals surface area contributed by atoms with E-state index in [-0.39, 0.29) is 12.4 Å². The molecule has 19 heavy (non-hydrogen) atoms. The highest BCUT2D eigenvalue weighted by Crippen LogP contribution is 2.16. The second-order valence-corrected chi connectivity index (χ2v) is 5.01. The Labute approximate surface area is 117 Å². The fourth-order valence-electron chi connectivity index (χ4n) is 1.72. The normalized spacial score (nSPS) is 10.4. The summed E-state index contributed by atoms with van der Waals surface area (Å²) in [7, 11) is 0. The Balaban J connectivity index is 1.87. The summed E-state index contributed by atoms with van der Waals surface area (Å²) in [4.78, 5) is 13.1. The number of carbonyl (C=O) groups is 1. The Bertz CT molecular complexity index is 537. The molecule has 0 radical (unpaired) electrons. The van der Waals surface area contributed by atoms with Gasteiger partial charge in [0.1, 0.15) is 6.61 Å². The van der Waals surface area contributed by atoms with Crippen molar-refractivity contribution in [2.24, 2.45) is 0 Å². The van der Waals surface area contributed by atoms with Gasteiger partial charge in [0, 0.05) is 10.5 Å². The average Bonchev–Trinajstić information content (AvgIpc) is 2.48. The van der Waals surface area contributed by atoms with E-state index in [2.05, 4.69) is 0 Å². The van der Waals surface area contributed by atoms with Gasteiger partial charge in [0.25, 0.3) is 0 Å². The lowest BCUT2D eigenvalue weighted by molar-refractivity contribution is 0.0726. The zero-order valence-corrected chi connectivity index (χ0v) is 11.7. The van der Waals surface area contributed by atoms with E-state index in [0.29, 0.717) is 12.2 Å². The second kappa shape index (κ2) is 7.12. The minimum Gasteiger partial charge on any atom is -0.369 e. The van der Waals surface area contributed by atoms with Crippen molar-refractivity contribution in [2.75, 3.05) is 12.9 Å². The summed E-state index contributed by atoms with van der Waals surface area (Å²) in [5.74, 6) is 0.0202. The summed E-state index contributed by atoms with van der Waals surface area (Å²) >= 11 is 1.63. The van der Waals surface area contributed by atoms with E-state index in [9.17, 15) is 4.79 Å². The number of ether oxygens (including phenoxy) is 1. The van der Waals surface area contributed by atoms with Gasteiger partial charge >= 0.3 is 0 Å². The number of hydrogen-bond donors (Lipinski definition) is 0. The van der Waals surface area contributed by atoms with Gasteiger partial charge < -0.3 is 4.74 Å². The average molecular weight is 272 g/mol. The maximum absolute atomic E-state index is 12.0. The van der Waals surface area contributed by atoms with Crippen molar-refractivity contribution < 1.29 is 9.53 Å². The number of Topliss-reactive ketones (excluding diaryl/α,β-unsaturated/α-hetero) is 1.